The van der Waals surface area contributed by atoms with Gasteiger partial charge in [0.05, 0.1) is 0 Å². The normalized spacial score (nSPS) is 33.5. The third kappa shape index (κ3) is 8.77. The number of nitrogens with one attached hydrogen (secondary N) is 1. The van der Waals surface area contributed by atoms with E-state index in [1.807, 2.05) is 0 Å². The van der Waals surface area contributed by atoms with Crippen LogP contribution >= 0.6 is 0 Å². The molecule has 0 heterocycles. The number of hydrogen-bond donors (Lipinski definition) is 3. The standard InChI is InChI=1S/C39H70N4O3/c1-27(2)10-7-11-28(3)33-14-15-34-32-13-12-30-26-31(16-19-38(30,5)35(32)17-20-39(33,34)6)46-37(45)29(4)42-36(44)18-25-43(23-8-21-40)24-9-22-41/h12,27-29,31-35H,7-11,13-26,40-41H2,1-6H3,(H,42,44)/t28-,29+,31?,32?,33-,34?,35?,38+,39-/m1/s1. The van der Waals surface area contributed by atoms with E-state index in [0.29, 0.717) is 31.5 Å². The summed E-state index contributed by atoms with van der Waals surface area (Å²) in [6.45, 7) is 17.8. The maximum Gasteiger partial charge on any atom is 0.328 e. The predicted octanol–water partition coefficient (Wildman–Crippen LogP) is 6.83. The van der Waals surface area contributed by atoms with E-state index in [9.17, 15) is 9.59 Å². The lowest BCUT2D eigenvalue weighted by molar-refractivity contribution is -0.154. The molecule has 0 saturated heterocycles. The number of esters is 1. The van der Waals surface area contributed by atoms with Gasteiger partial charge in [0.25, 0.3) is 0 Å². The molecule has 0 aromatic heterocycles. The summed E-state index contributed by atoms with van der Waals surface area (Å²) < 4.78 is 6.06. The van der Waals surface area contributed by atoms with Crippen LogP contribution in [0.5, 0.6) is 0 Å². The maximum atomic E-state index is 13.1. The lowest BCUT2D eigenvalue weighted by atomic mass is 9.47. The first kappa shape index (κ1) is 37.4. The molecule has 0 spiro atoms. The fraction of sp³-hybridized carbons (Fsp3) is 0.897. The molecule has 0 bridgehead atoms. The molecular formula is C39H70N4O3. The van der Waals surface area contributed by atoms with Gasteiger partial charge < -0.3 is 26.4 Å². The second kappa shape index (κ2) is 16.8. The molecule has 7 nitrogen and oxygen atoms in total. The van der Waals surface area contributed by atoms with Crippen LogP contribution in [-0.4, -0.2) is 61.6 Å². The largest absolute Gasteiger partial charge is 0.461 e. The number of amides is 1. The van der Waals surface area contributed by atoms with Gasteiger partial charge in [-0.2, -0.15) is 0 Å². The van der Waals surface area contributed by atoms with Crippen LogP contribution in [0.2, 0.25) is 0 Å². The summed E-state index contributed by atoms with van der Waals surface area (Å²) >= 11 is 0. The number of ether oxygens (including phenoxy) is 1. The number of rotatable bonds is 17. The van der Waals surface area contributed by atoms with Crippen LogP contribution in [0.1, 0.15) is 131 Å². The smallest absolute Gasteiger partial charge is 0.328 e. The Balaban J connectivity index is 1.28. The van der Waals surface area contributed by atoms with Crippen LogP contribution in [0, 0.1) is 46.3 Å². The zero-order valence-electron chi connectivity index (χ0n) is 30.5. The zero-order chi connectivity index (χ0) is 33.5. The molecule has 0 aromatic carbocycles. The van der Waals surface area contributed by atoms with Gasteiger partial charge in [-0.25, -0.2) is 4.79 Å². The lowest BCUT2D eigenvalue weighted by Gasteiger charge is -2.58. The zero-order valence-corrected chi connectivity index (χ0v) is 30.5. The van der Waals surface area contributed by atoms with Crippen molar-refractivity contribution in [3.8, 4) is 0 Å². The minimum atomic E-state index is -0.647. The van der Waals surface area contributed by atoms with E-state index in [0.717, 1.165) is 80.7 Å². The van der Waals surface area contributed by atoms with Gasteiger partial charge in [0.2, 0.25) is 5.91 Å². The molecule has 3 fully saturated rings. The Labute approximate surface area is 281 Å². The third-order valence-corrected chi connectivity index (χ3v) is 13.3. The summed E-state index contributed by atoms with van der Waals surface area (Å²) in [6, 6.07) is -0.647. The molecule has 0 aliphatic heterocycles. The van der Waals surface area contributed by atoms with Crippen molar-refractivity contribution in [1.82, 2.24) is 10.2 Å². The van der Waals surface area contributed by atoms with Gasteiger partial charge in [0.15, 0.2) is 0 Å². The van der Waals surface area contributed by atoms with Crippen molar-refractivity contribution in [3.63, 3.8) is 0 Å². The number of allylic oxidation sites excluding steroid dienone is 1. The van der Waals surface area contributed by atoms with Gasteiger partial charge in [0.1, 0.15) is 12.1 Å². The highest BCUT2D eigenvalue weighted by atomic mass is 16.5. The van der Waals surface area contributed by atoms with Crippen LogP contribution < -0.4 is 16.8 Å². The Morgan fingerprint density at radius 2 is 1.65 bits per heavy atom. The Morgan fingerprint density at radius 3 is 2.33 bits per heavy atom. The first-order chi connectivity index (χ1) is 21.9. The van der Waals surface area contributed by atoms with Gasteiger partial charge in [0, 0.05) is 19.4 Å². The van der Waals surface area contributed by atoms with Crippen molar-refractivity contribution < 1.29 is 14.3 Å². The van der Waals surface area contributed by atoms with Crippen LogP contribution in [0.4, 0.5) is 0 Å². The van der Waals surface area contributed by atoms with E-state index in [2.05, 4.69) is 50.9 Å². The maximum absolute atomic E-state index is 13.1. The molecule has 0 radical (unpaired) electrons. The second-order valence-electron chi connectivity index (χ2n) is 16.8. The topological polar surface area (TPSA) is 111 Å². The van der Waals surface area contributed by atoms with E-state index in [-0.39, 0.29) is 23.4 Å². The third-order valence-electron chi connectivity index (χ3n) is 13.3. The molecule has 1 amide bonds. The SMILES string of the molecule is CC(C)CCC[C@@H](C)[C@H]1CCC2C3CC=C4CC(OC(=O)[C@H](C)NC(=O)CCN(CCCN)CCCN)CC[C@]4(C)C3CC[C@@]21C. The number of hydrogen-bond acceptors (Lipinski definition) is 6. The number of fused-ring (bicyclic) bond motifs is 5. The van der Waals surface area contributed by atoms with E-state index >= 15 is 0 Å². The van der Waals surface area contributed by atoms with Crippen molar-refractivity contribution in [2.45, 2.75) is 144 Å². The van der Waals surface area contributed by atoms with Gasteiger partial charge in [-0.05, 0) is 137 Å². The highest BCUT2D eigenvalue weighted by Crippen LogP contribution is 2.67. The van der Waals surface area contributed by atoms with Crippen molar-refractivity contribution in [2.75, 3.05) is 32.7 Å². The van der Waals surface area contributed by atoms with E-state index < -0.39 is 6.04 Å². The lowest BCUT2D eigenvalue weighted by Crippen LogP contribution is -2.51. The van der Waals surface area contributed by atoms with E-state index in [1.54, 1.807) is 6.92 Å². The number of nitrogens with two attached hydrogens (primary N) is 2. The molecule has 4 aliphatic rings. The Hall–Kier alpha value is -1.44. The molecule has 7 heteroatoms. The Kier molecular flexibility index (Phi) is 13.6. The molecule has 5 N–H and O–H groups in total. The first-order valence-electron chi connectivity index (χ1n) is 19.2. The van der Waals surface area contributed by atoms with E-state index in [1.165, 1.54) is 56.9 Å². The summed E-state index contributed by atoms with van der Waals surface area (Å²) in [4.78, 5) is 28.0. The van der Waals surface area contributed by atoms with Crippen molar-refractivity contribution in [1.29, 1.82) is 0 Å². The molecule has 4 aliphatic carbocycles. The summed E-state index contributed by atoms with van der Waals surface area (Å²) in [7, 11) is 0. The van der Waals surface area contributed by atoms with Crippen molar-refractivity contribution in [2.24, 2.45) is 57.8 Å². The van der Waals surface area contributed by atoms with Crippen molar-refractivity contribution in [3.05, 3.63) is 11.6 Å². The molecule has 0 aromatic rings. The predicted molar refractivity (Wildman–Crippen MR) is 189 cm³/mol. The number of carbonyl (C=O) groups excluding carboxylic acids is 2. The summed E-state index contributed by atoms with van der Waals surface area (Å²) in [5.74, 6) is 4.51. The van der Waals surface area contributed by atoms with Gasteiger partial charge in [-0.15, -0.1) is 0 Å². The second-order valence-corrected chi connectivity index (χ2v) is 16.8. The minimum absolute atomic E-state index is 0.0952. The fourth-order valence-electron chi connectivity index (χ4n) is 10.6. The van der Waals surface area contributed by atoms with Gasteiger partial charge >= 0.3 is 5.97 Å². The fourth-order valence-corrected chi connectivity index (χ4v) is 10.6. The molecular weight excluding hydrogens is 572 g/mol. The van der Waals surface area contributed by atoms with Crippen LogP contribution in [0.3, 0.4) is 0 Å². The average Bonchev–Trinajstić information content (AvgIpc) is 3.38. The van der Waals surface area contributed by atoms with Crippen LogP contribution in [-0.2, 0) is 14.3 Å². The molecule has 3 saturated carbocycles. The summed E-state index contributed by atoms with van der Waals surface area (Å²) in [5.41, 5.74) is 13.6. The quantitative estimate of drug-likeness (QED) is 0.118. The number of carbonyl (C=O) groups is 2. The Bertz CT molecular complexity index is 1020. The monoisotopic (exact) mass is 643 g/mol. The van der Waals surface area contributed by atoms with E-state index in [4.69, 9.17) is 16.2 Å². The average molecular weight is 643 g/mol. The van der Waals surface area contributed by atoms with Crippen molar-refractivity contribution >= 4 is 11.9 Å². The van der Waals surface area contributed by atoms with Gasteiger partial charge in [-0.3, -0.25) is 4.79 Å². The molecule has 9 atom stereocenters. The van der Waals surface area contributed by atoms with Crippen LogP contribution in [0.25, 0.3) is 0 Å². The highest BCUT2D eigenvalue weighted by molar-refractivity contribution is 5.84. The molecule has 46 heavy (non-hydrogen) atoms. The van der Waals surface area contributed by atoms with Gasteiger partial charge in [-0.1, -0.05) is 65.5 Å². The van der Waals surface area contributed by atoms with Crippen LogP contribution in [0.15, 0.2) is 11.6 Å². The Morgan fingerprint density at radius 1 is 0.935 bits per heavy atom. The summed E-state index contributed by atoms with van der Waals surface area (Å²) in [5, 5.41) is 2.89. The first-order valence-corrected chi connectivity index (χ1v) is 19.2. The summed E-state index contributed by atoms with van der Waals surface area (Å²) in [6.07, 6.45) is 18.4. The minimum Gasteiger partial charge on any atom is -0.461 e. The highest BCUT2D eigenvalue weighted by Gasteiger charge is 2.59. The number of nitrogens with zero attached hydrogens (tertiary/aromatic N) is 1. The molecule has 4 rings (SSSR count). The molecule has 4 unspecified atom stereocenters. The molecule has 264 valence electrons.